The molecule has 0 amide bonds. The van der Waals surface area contributed by atoms with E-state index < -0.39 is 0 Å². The zero-order valence-corrected chi connectivity index (χ0v) is 11.2. The van der Waals surface area contributed by atoms with Gasteiger partial charge >= 0.3 is 0 Å². The average molecular weight is 252 g/mol. The van der Waals surface area contributed by atoms with Crippen LogP contribution in [-0.2, 0) is 13.0 Å². The van der Waals surface area contributed by atoms with Gasteiger partial charge in [-0.3, -0.25) is 9.88 Å². The largest absolute Gasteiger partial charge is 0.296 e. The fourth-order valence-electron chi connectivity index (χ4n) is 2.47. The van der Waals surface area contributed by atoms with Crippen molar-refractivity contribution < 1.29 is 0 Å². The Kier molecular flexibility index (Phi) is 3.89. The van der Waals surface area contributed by atoms with Gasteiger partial charge in [0.15, 0.2) is 0 Å². The molecule has 0 bridgehead atoms. The van der Waals surface area contributed by atoms with Gasteiger partial charge in [-0.05, 0) is 42.5 Å². The summed E-state index contributed by atoms with van der Waals surface area (Å²) in [5, 5.41) is 0. The molecular weight excluding hydrogens is 232 g/mol. The third-order valence-corrected chi connectivity index (χ3v) is 3.73. The monoisotopic (exact) mass is 252 g/mol. The molecule has 0 spiro atoms. The molecule has 0 N–H and O–H groups in total. The van der Waals surface area contributed by atoms with Crippen molar-refractivity contribution >= 4 is 0 Å². The van der Waals surface area contributed by atoms with E-state index in [-0.39, 0.29) is 0 Å². The Balaban J connectivity index is 1.59. The Morgan fingerprint density at radius 3 is 2.37 bits per heavy atom. The minimum absolute atomic E-state index is 0.807. The lowest BCUT2D eigenvalue weighted by Gasteiger charge is -2.22. The third kappa shape index (κ3) is 3.65. The highest BCUT2D eigenvalue weighted by Crippen LogP contribution is 2.28. The Hall–Kier alpha value is -1.67. The van der Waals surface area contributed by atoms with Crippen LogP contribution < -0.4 is 0 Å². The van der Waals surface area contributed by atoms with E-state index in [1.54, 1.807) is 0 Å². The van der Waals surface area contributed by atoms with Gasteiger partial charge in [0.2, 0.25) is 0 Å². The van der Waals surface area contributed by atoms with Crippen molar-refractivity contribution in [1.82, 2.24) is 9.88 Å². The molecule has 1 aliphatic rings. The van der Waals surface area contributed by atoms with Crippen molar-refractivity contribution in [1.29, 1.82) is 0 Å². The highest BCUT2D eigenvalue weighted by molar-refractivity contribution is 5.15. The quantitative estimate of drug-likeness (QED) is 0.784. The minimum Gasteiger partial charge on any atom is -0.296 e. The van der Waals surface area contributed by atoms with Gasteiger partial charge in [0.25, 0.3) is 0 Å². The molecule has 2 heteroatoms. The Morgan fingerprint density at radius 2 is 1.68 bits per heavy atom. The zero-order chi connectivity index (χ0) is 12.9. The molecule has 19 heavy (non-hydrogen) atoms. The van der Waals surface area contributed by atoms with Crippen molar-refractivity contribution in [2.24, 2.45) is 0 Å². The first-order chi connectivity index (χ1) is 9.42. The summed E-state index contributed by atoms with van der Waals surface area (Å²) in [4.78, 5) is 6.69. The summed E-state index contributed by atoms with van der Waals surface area (Å²) in [5.74, 6) is 0. The molecule has 1 aromatic heterocycles. The number of hydrogen-bond acceptors (Lipinski definition) is 2. The zero-order valence-electron chi connectivity index (χ0n) is 11.2. The van der Waals surface area contributed by atoms with Gasteiger partial charge in [0.05, 0.1) is 0 Å². The van der Waals surface area contributed by atoms with Gasteiger partial charge in [0.1, 0.15) is 0 Å². The highest BCUT2D eigenvalue weighted by Gasteiger charge is 2.28. The predicted octanol–water partition coefficient (Wildman–Crippen LogP) is 3.29. The molecule has 2 nitrogen and oxygen atoms in total. The fraction of sp³-hybridized carbons (Fsp3) is 0.353. The van der Waals surface area contributed by atoms with Crippen molar-refractivity contribution in [2.75, 3.05) is 6.54 Å². The van der Waals surface area contributed by atoms with E-state index in [2.05, 4.69) is 52.3 Å². The van der Waals surface area contributed by atoms with Gasteiger partial charge in [-0.25, -0.2) is 0 Å². The molecule has 0 saturated heterocycles. The van der Waals surface area contributed by atoms with Crippen LogP contribution in [0, 0.1) is 0 Å². The van der Waals surface area contributed by atoms with E-state index >= 15 is 0 Å². The molecule has 0 aliphatic heterocycles. The second kappa shape index (κ2) is 5.98. The van der Waals surface area contributed by atoms with Crippen LogP contribution in [0.4, 0.5) is 0 Å². The number of benzene rings is 1. The first-order valence-corrected chi connectivity index (χ1v) is 7.09. The molecule has 0 unspecified atom stereocenters. The minimum atomic E-state index is 0.807. The average Bonchev–Trinajstić information content (AvgIpc) is 3.30. The SMILES string of the molecule is c1ccc(CN(CCc2ccncc2)C2CC2)cc1. The van der Waals surface area contributed by atoms with E-state index in [0.717, 1.165) is 25.6 Å². The maximum atomic E-state index is 4.07. The second-order valence-corrected chi connectivity index (χ2v) is 5.29. The first-order valence-electron chi connectivity index (χ1n) is 7.09. The molecule has 0 atom stereocenters. The molecule has 1 saturated carbocycles. The maximum Gasteiger partial charge on any atom is 0.0270 e. The van der Waals surface area contributed by atoms with Crippen LogP contribution >= 0.6 is 0 Å². The van der Waals surface area contributed by atoms with Crippen LogP contribution in [0.1, 0.15) is 24.0 Å². The molecule has 1 aromatic carbocycles. The number of rotatable bonds is 6. The summed E-state index contributed by atoms with van der Waals surface area (Å²) in [6.07, 6.45) is 7.61. The lowest BCUT2D eigenvalue weighted by Crippen LogP contribution is -2.27. The van der Waals surface area contributed by atoms with E-state index in [4.69, 9.17) is 0 Å². The van der Waals surface area contributed by atoms with E-state index in [1.165, 1.54) is 24.0 Å². The van der Waals surface area contributed by atoms with Gasteiger partial charge in [-0.15, -0.1) is 0 Å². The Bertz CT molecular complexity index is 491. The molecule has 1 aliphatic carbocycles. The van der Waals surface area contributed by atoms with Crippen LogP contribution in [0.3, 0.4) is 0 Å². The summed E-state index contributed by atoms with van der Waals surface area (Å²) in [5.41, 5.74) is 2.80. The van der Waals surface area contributed by atoms with Crippen LogP contribution in [0.25, 0.3) is 0 Å². The summed E-state index contributed by atoms with van der Waals surface area (Å²) in [6.45, 7) is 2.22. The number of nitrogens with zero attached hydrogens (tertiary/aromatic N) is 2. The maximum absolute atomic E-state index is 4.07. The van der Waals surface area contributed by atoms with Crippen LogP contribution in [0.5, 0.6) is 0 Å². The molecule has 2 aromatic rings. The van der Waals surface area contributed by atoms with Crippen LogP contribution in [-0.4, -0.2) is 22.5 Å². The third-order valence-electron chi connectivity index (χ3n) is 3.73. The summed E-state index contributed by atoms with van der Waals surface area (Å²) in [7, 11) is 0. The van der Waals surface area contributed by atoms with Crippen molar-refractivity contribution in [3.8, 4) is 0 Å². The standard InChI is InChI=1S/C17H20N2/c1-2-4-16(5-3-1)14-19(17-6-7-17)13-10-15-8-11-18-12-9-15/h1-5,8-9,11-12,17H,6-7,10,13-14H2. The second-order valence-electron chi connectivity index (χ2n) is 5.29. The van der Waals surface area contributed by atoms with Crippen LogP contribution in [0.2, 0.25) is 0 Å². The normalized spacial score (nSPS) is 14.8. The number of pyridine rings is 1. The van der Waals surface area contributed by atoms with E-state index in [0.29, 0.717) is 0 Å². The van der Waals surface area contributed by atoms with Crippen molar-refractivity contribution in [3.05, 3.63) is 66.0 Å². The molecule has 1 fully saturated rings. The van der Waals surface area contributed by atoms with Gasteiger partial charge in [-0.2, -0.15) is 0 Å². The lowest BCUT2D eigenvalue weighted by molar-refractivity contribution is 0.258. The molecule has 1 heterocycles. The smallest absolute Gasteiger partial charge is 0.0270 e. The lowest BCUT2D eigenvalue weighted by atomic mass is 10.1. The fourth-order valence-corrected chi connectivity index (χ4v) is 2.47. The van der Waals surface area contributed by atoms with Crippen molar-refractivity contribution in [3.63, 3.8) is 0 Å². The number of aromatic nitrogens is 1. The Labute approximate surface area is 115 Å². The van der Waals surface area contributed by atoms with Gasteiger partial charge < -0.3 is 0 Å². The molecule has 0 radical (unpaired) electrons. The Morgan fingerprint density at radius 1 is 0.947 bits per heavy atom. The highest BCUT2D eigenvalue weighted by atomic mass is 15.2. The van der Waals surface area contributed by atoms with E-state index in [1.807, 2.05) is 12.4 Å². The van der Waals surface area contributed by atoms with E-state index in [9.17, 15) is 0 Å². The molecular formula is C17H20N2. The van der Waals surface area contributed by atoms with Gasteiger partial charge in [-0.1, -0.05) is 30.3 Å². The van der Waals surface area contributed by atoms with Crippen molar-refractivity contribution in [2.45, 2.75) is 31.8 Å². The summed E-state index contributed by atoms with van der Waals surface area (Å²) in [6, 6.07) is 15.8. The summed E-state index contributed by atoms with van der Waals surface area (Å²) < 4.78 is 0. The number of hydrogen-bond donors (Lipinski definition) is 0. The van der Waals surface area contributed by atoms with Crippen LogP contribution in [0.15, 0.2) is 54.9 Å². The predicted molar refractivity (Wildman–Crippen MR) is 77.8 cm³/mol. The molecule has 3 rings (SSSR count). The topological polar surface area (TPSA) is 16.1 Å². The first kappa shape index (κ1) is 12.4. The molecule has 98 valence electrons. The summed E-state index contributed by atoms with van der Waals surface area (Å²) >= 11 is 0. The van der Waals surface area contributed by atoms with Gasteiger partial charge in [0, 0.05) is 31.5 Å².